The SMILES string of the molecule is COc1ccc([C@@]23CC[C@@H](NC(=S)NC4CC4)C[C@@H]2N(Cc2ccccc2)CC3)cc1OC.O=C(O)C(F)(F)F. The molecule has 40 heavy (non-hydrogen) atoms. The summed E-state index contributed by atoms with van der Waals surface area (Å²) in [6.07, 6.45) is 1.91. The fourth-order valence-electron chi connectivity index (χ4n) is 5.91. The van der Waals surface area contributed by atoms with E-state index in [2.05, 4.69) is 64.1 Å². The van der Waals surface area contributed by atoms with Gasteiger partial charge in [0.15, 0.2) is 16.6 Å². The highest BCUT2D eigenvalue weighted by molar-refractivity contribution is 7.80. The monoisotopic (exact) mass is 579 g/mol. The number of thiocarbonyl (C=S) groups is 1. The number of nitrogens with zero attached hydrogens (tertiary/aromatic N) is 1. The average Bonchev–Trinajstić information content (AvgIpc) is 3.68. The molecule has 2 saturated carbocycles. The van der Waals surface area contributed by atoms with Crippen LogP contribution in [0.25, 0.3) is 0 Å². The molecule has 0 radical (unpaired) electrons. The summed E-state index contributed by atoms with van der Waals surface area (Å²) >= 11 is 5.62. The lowest BCUT2D eigenvalue weighted by Gasteiger charge is -2.46. The van der Waals surface area contributed by atoms with Crippen LogP contribution in [0, 0.1) is 0 Å². The average molecular weight is 580 g/mol. The van der Waals surface area contributed by atoms with Crippen molar-refractivity contribution < 1.29 is 32.5 Å². The van der Waals surface area contributed by atoms with Crippen molar-refractivity contribution in [3.8, 4) is 11.5 Å². The predicted molar refractivity (Wildman–Crippen MR) is 150 cm³/mol. The van der Waals surface area contributed by atoms with Crippen LogP contribution in [0.3, 0.4) is 0 Å². The van der Waals surface area contributed by atoms with Crippen molar-refractivity contribution in [1.29, 1.82) is 0 Å². The summed E-state index contributed by atoms with van der Waals surface area (Å²) < 4.78 is 42.9. The molecule has 3 fully saturated rings. The normalized spacial score (nSPS) is 24.2. The Bertz CT molecular complexity index is 1180. The zero-order valence-corrected chi connectivity index (χ0v) is 23.5. The summed E-state index contributed by atoms with van der Waals surface area (Å²) in [7, 11) is 3.42. The van der Waals surface area contributed by atoms with E-state index in [-0.39, 0.29) is 5.41 Å². The second kappa shape index (κ2) is 12.6. The van der Waals surface area contributed by atoms with E-state index in [4.69, 9.17) is 31.6 Å². The number of alkyl halides is 3. The molecule has 11 heteroatoms. The van der Waals surface area contributed by atoms with E-state index in [9.17, 15) is 13.2 Å². The summed E-state index contributed by atoms with van der Waals surface area (Å²) in [5.74, 6) is -1.15. The molecule has 218 valence electrons. The molecular formula is C29H36F3N3O4S. The number of nitrogens with one attached hydrogen (secondary N) is 2. The number of halogens is 3. The van der Waals surface area contributed by atoms with Gasteiger partial charge in [0.05, 0.1) is 14.2 Å². The van der Waals surface area contributed by atoms with E-state index < -0.39 is 12.1 Å². The summed E-state index contributed by atoms with van der Waals surface area (Å²) in [6.45, 7) is 2.09. The van der Waals surface area contributed by atoms with Crippen molar-refractivity contribution in [3.05, 3.63) is 59.7 Å². The number of carbonyl (C=O) groups is 1. The van der Waals surface area contributed by atoms with E-state index in [1.54, 1.807) is 14.2 Å². The third kappa shape index (κ3) is 7.17. The zero-order valence-electron chi connectivity index (χ0n) is 22.7. The van der Waals surface area contributed by atoms with Crippen molar-refractivity contribution in [2.75, 3.05) is 20.8 Å². The van der Waals surface area contributed by atoms with Gasteiger partial charge in [0.1, 0.15) is 0 Å². The summed E-state index contributed by atoms with van der Waals surface area (Å²) in [6, 6.07) is 18.8. The second-order valence-corrected chi connectivity index (χ2v) is 11.0. The lowest BCUT2D eigenvalue weighted by Crippen LogP contribution is -2.53. The Morgan fingerprint density at radius 2 is 1.68 bits per heavy atom. The van der Waals surface area contributed by atoms with Gasteiger partial charge in [-0.2, -0.15) is 13.2 Å². The number of fused-ring (bicyclic) bond motifs is 1. The largest absolute Gasteiger partial charge is 0.493 e. The Balaban J connectivity index is 0.000000470. The van der Waals surface area contributed by atoms with Gasteiger partial charge in [-0.15, -0.1) is 0 Å². The fourth-order valence-corrected chi connectivity index (χ4v) is 6.24. The van der Waals surface area contributed by atoms with Crippen LogP contribution in [0.4, 0.5) is 13.2 Å². The van der Waals surface area contributed by atoms with Crippen LogP contribution in [0.15, 0.2) is 48.5 Å². The van der Waals surface area contributed by atoms with Crippen molar-refractivity contribution in [1.82, 2.24) is 15.5 Å². The first-order valence-corrected chi connectivity index (χ1v) is 13.8. The molecule has 1 heterocycles. The summed E-state index contributed by atoms with van der Waals surface area (Å²) in [4.78, 5) is 11.6. The van der Waals surface area contributed by atoms with E-state index in [0.29, 0.717) is 18.1 Å². The van der Waals surface area contributed by atoms with Gasteiger partial charge < -0.3 is 25.2 Å². The number of hydrogen-bond acceptors (Lipinski definition) is 5. The van der Waals surface area contributed by atoms with E-state index in [1.165, 1.54) is 24.0 Å². The Labute approximate surface area is 238 Å². The topological polar surface area (TPSA) is 83.1 Å². The van der Waals surface area contributed by atoms with Gasteiger partial charge in [0.2, 0.25) is 0 Å². The van der Waals surface area contributed by atoms with Crippen LogP contribution in [0.2, 0.25) is 0 Å². The molecule has 7 nitrogen and oxygen atoms in total. The molecule has 2 aromatic carbocycles. The molecule has 0 bridgehead atoms. The first-order chi connectivity index (χ1) is 19.1. The fraction of sp³-hybridized carbons (Fsp3) is 0.517. The molecule has 0 unspecified atom stereocenters. The third-order valence-electron chi connectivity index (χ3n) is 8.05. The van der Waals surface area contributed by atoms with Gasteiger partial charge in [-0.25, -0.2) is 4.79 Å². The first-order valence-electron chi connectivity index (χ1n) is 13.4. The number of benzene rings is 2. The maximum absolute atomic E-state index is 10.6. The smallest absolute Gasteiger partial charge is 0.490 e. The van der Waals surface area contributed by atoms with Gasteiger partial charge in [-0.05, 0) is 80.5 Å². The van der Waals surface area contributed by atoms with Crippen molar-refractivity contribution >= 4 is 23.3 Å². The number of aliphatic carboxylic acids is 1. The van der Waals surface area contributed by atoms with Gasteiger partial charge in [0.25, 0.3) is 0 Å². The maximum Gasteiger partial charge on any atom is 0.490 e. The Kier molecular flexibility index (Phi) is 9.45. The maximum atomic E-state index is 10.6. The van der Waals surface area contributed by atoms with Crippen molar-refractivity contribution in [2.45, 2.75) is 74.8 Å². The van der Waals surface area contributed by atoms with Gasteiger partial charge in [0, 0.05) is 30.1 Å². The molecule has 2 aromatic rings. The lowest BCUT2D eigenvalue weighted by molar-refractivity contribution is -0.192. The third-order valence-corrected chi connectivity index (χ3v) is 8.28. The highest BCUT2D eigenvalue weighted by Crippen LogP contribution is 2.50. The van der Waals surface area contributed by atoms with Crippen LogP contribution in [0.1, 0.15) is 49.7 Å². The lowest BCUT2D eigenvalue weighted by atomic mass is 9.65. The first kappa shape index (κ1) is 29.9. The molecule has 0 spiro atoms. The van der Waals surface area contributed by atoms with Gasteiger partial charge in [-0.3, -0.25) is 4.90 Å². The summed E-state index contributed by atoms with van der Waals surface area (Å²) in [5.41, 5.74) is 2.87. The van der Waals surface area contributed by atoms with Crippen LogP contribution >= 0.6 is 12.2 Å². The molecule has 3 atom stereocenters. The number of likely N-dealkylation sites (tertiary alicyclic amines) is 1. The van der Waals surface area contributed by atoms with Crippen molar-refractivity contribution in [3.63, 3.8) is 0 Å². The minimum Gasteiger partial charge on any atom is -0.493 e. The predicted octanol–water partition coefficient (Wildman–Crippen LogP) is 5.03. The number of hydrogen-bond donors (Lipinski definition) is 3. The highest BCUT2D eigenvalue weighted by Gasteiger charge is 2.51. The zero-order chi connectivity index (χ0) is 28.9. The number of methoxy groups -OCH3 is 2. The molecule has 3 N–H and O–H groups in total. The Hall–Kier alpha value is -3.05. The molecular weight excluding hydrogens is 543 g/mol. The molecule has 2 aliphatic carbocycles. The molecule has 1 saturated heterocycles. The quantitative estimate of drug-likeness (QED) is 0.394. The minimum absolute atomic E-state index is 0.123. The minimum atomic E-state index is -5.08. The van der Waals surface area contributed by atoms with E-state index in [0.717, 1.165) is 55.4 Å². The summed E-state index contributed by atoms with van der Waals surface area (Å²) in [5, 5.41) is 15.1. The second-order valence-electron chi connectivity index (χ2n) is 10.6. The van der Waals surface area contributed by atoms with Crippen LogP contribution in [0.5, 0.6) is 11.5 Å². The van der Waals surface area contributed by atoms with Crippen molar-refractivity contribution in [2.24, 2.45) is 0 Å². The van der Waals surface area contributed by atoms with Crippen LogP contribution < -0.4 is 20.1 Å². The molecule has 3 aliphatic rings. The van der Waals surface area contributed by atoms with Gasteiger partial charge in [-0.1, -0.05) is 36.4 Å². The van der Waals surface area contributed by atoms with E-state index >= 15 is 0 Å². The molecule has 0 amide bonds. The molecule has 1 aliphatic heterocycles. The standard InChI is InChI=1S/C27H35N3O2S.C2HF3O2/c1-31-23-11-8-20(16-24(23)32-2)27-13-12-22(29-26(33)28-21-9-10-21)17-25(27)30(15-14-27)18-19-6-4-3-5-7-19;3-2(4,5)1(6)7/h3-8,11,16,21-22,25H,9-10,12-15,17-18H2,1-2H3,(H2,28,29,33);(H,6,7)/t22-,25+,27+;/m1./s1. The molecule has 5 rings (SSSR count). The highest BCUT2D eigenvalue weighted by atomic mass is 32.1. The molecule has 0 aromatic heterocycles. The number of carboxylic acid groups (broad SMARTS) is 1. The Morgan fingerprint density at radius 3 is 2.27 bits per heavy atom. The number of ether oxygens (including phenoxy) is 2. The van der Waals surface area contributed by atoms with Gasteiger partial charge >= 0.3 is 12.1 Å². The van der Waals surface area contributed by atoms with Crippen LogP contribution in [-0.2, 0) is 16.8 Å². The van der Waals surface area contributed by atoms with Crippen LogP contribution in [-0.4, -0.2) is 66.2 Å². The van der Waals surface area contributed by atoms with E-state index in [1.807, 2.05) is 0 Å². The number of carboxylic acids is 1. The Morgan fingerprint density at radius 1 is 1.02 bits per heavy atom. The number of rotatable bonds is 7.